The lowest BCUT2D eigenvalue weighted by Crippen LogP contribution is -2.15. The number of H-pyrrole nitrogens is 1. The molecule has 0 fully saturated rings. The van der Waals surface area contributed by atoms with Crippen LogP contribution in [0.4, 0.5) is 5.69 Å². The first-order chi connectivity index (χ1) is 11.8. The van der Waals surface area contributed by atoms with E-state index in [1.807, 2.05) is 42.5 Å². The molecule has 2 aromatic carbocycles. The van der Waals surface area contributed by atoms with Crippen molar-refractivity contribution < 1.29 is 9.47 Å². The van der Waals surface area contributed by atoms with Crippen molar-refractivity contribution in [2.75, 3.05) is 18.5 Å². The van der Waals surface area contributed by atoms with Gasteiger partial charge >= 0.3 is 0 Å². The van der Waals surface area contributed by atoms with Gasteiger partial charge in [0.2, 0.25) is 0 Å². The summed E-state index contributed by atoms with van der Waals surface area (Å²) in [4.78, 5) is 7.58. The Hall–Kier alpha value is -3.46. The molecule has 6 heteroatoms. The first kappa shape index (κ1) is 14.2. The lowest BCUT2D eigenvalue weighted by Gasteiger charge is -2.18. The van der Waals surface area contributed by atoms with Gasteiger partial charge < -0.3 is 19.8 Å². The van der Waals surface area contributed by atoms with E-state index in [0.717, 1.165) is 22.5 Å². The highest BCUT2D eigenvalue weighted by Gasteiger charge is 2.12. The van der Waals surface area contributed by atoms with Crippen LogP contribution in [0.25, 0.3) is 16.6 Å². The summed E-state index contributed by atoms with van der Waals surface area (Å²) in [7, 11) is 0. The van der Waals surface area contributed by atoms with Gasteiger partial charge in [0.05, 0.1) is 11.0 Å². The molecule has 0 unspecified atom stereocenters. The van der Waals surface area contributed by atoms with E-state index in [1.165, 1.54) is 0 Å². The summed E-state index contributed by atoms with van der Waals surface area (Å²) in [6.07, 6.45) is 1.63. The minimum atomic E-state index is 0.418. The number of allylic oxidation sites excluding steroid dienone is 1. The standard InChI is InChI=1S/C18H14N4O2/c19-10-12(18-21-14-3-1-2-4-15(14)22-18)11-20-13-5-6-16-17(9-13)24-8-7-23-16/h1-6,9,11,20H,7-8H2,(H,21,22)/b12-11+. The highest BCUT2D eigenvalue weighted by Crippen LogP contribution is 2.32. The zero-order chi connectivity index (χ0) is 16.4. The third-order valence-electron chi connectivity index (χ3n) is 3.69. The van der Waals surface area contributed by atoms with E-state index < -0.39 is 0 Å². The van der Waals surface area contributed by atoms with Gasteiger partial charge in [0.1, 0.15) is 24.9 Å². The van der Waals surface area contributed by atoms with Crippen LogP contribution in [0.15, 0.2) is 48.7 Å². The summed E-state index contributed by atoms with van der Waals surface area (Å²) in [5.41, 5.74) is 2.95. The fourth-order valence-corrected chi connectivity index (χ4v) is 2.52. The van der Waals surface area contributed by atoms with E-state index in [1.54, 1.807) is 6.20 Å². The zero-order valence-electron chi connectivity index (χ0n) is 12.7. The maximum atomic E-state index is 9.41. The second-order valence-corrected chi connectivity index (χ2v) is 5.28. The number of para-hydroxylation sites is 2. The van der Waals surface area contributed by atoms with Crippen molar-refractivity contribution in [2.24, 2.45) is 0 Å². The van der Waals surface area contributed by atoms with Crippen LogP contribution >= 0.6 is 0 Å². The molecule has 118 valence electrons. The van der Waals surface area contributed by atoms with Crippen LogP contribution in [0.1, 0.15) is 5.82 Å². The van der Waals surface area contributed by atoms with Gasteiger partial charge in [0.15, 0.2) is 17.3 Å². The number of nitrogens with one attached hydrogen (secondary N) is 2. The number of benzene rings is 2. The van der Waals surface area contributed by atoms with Crippen molar-refractivity contribution in [1.82, 2.24) is 9.97 Å². The molecule has 1 aliphatic heterocycles. The minimum Gasteiger partial charge on any atom is -0.486 e. The van der Waals surface area contributed by atoms with Crippen LogP contribution in [0.3, 0.4) is 0 Å². The van der Waals surface area contributed by atoms with Crippen molar-refractivity contribution in [3.8, 4) is 17.6 Å². The van der Waals surface area contributed by atoms with Crippen molar-refractivity contribution in [1.29, 1.82) is 5.26 Å². The second kappa shape index (κ2) is 5.97. The molecule has 4 rings (SSSR count). The van der Waals surface area contributed by atoms with Crippen LogP contribution < -0.4 is 14.8 Å². The SMILES string of the molecule is N#C/C(=C\Nc1ccc2c(c1)OCCO2)c1nc2ccccc2[nH]1. The molecule has 2 heterocycles. The normalized spacial score (nSPS) is 13.5. The van der Waals surface area contributed by atoms with Crippen LogP contribution in [0, 0.1) is 11.3 Å². The summed E-state index contributed by atoms with van der Waals surface area (Å²) >= 11 is 0. The predicted octanol–water partition coefficient (Wildman–Crippen LogP) is 3.31. The molecule has 1 aromatic heterocycles. The van der Waals surface area contributed by atoms with Gasteiger partial charge in [0, 0.05) is 18.0 Å². The summed E-state index contributed by atoms with van der Waals surface area (Å²) in [5.74, 6) is 1.96. The number of nitrogens with zero attached hydrogens (tertiary/aromatic N) is 2. The third kappa shape index (κ3) is 2.63. The molecule has 0 aliphatic carbocycles. The third-order valence-corrected chi connectivity index (χ3v) is 3.69. The molecule has 1 aliphatic rings. The lowest BCUT2D eigenvalue weighted by atomic mass is 10.2. The van der Waals surface area contributed by atoms with Gasteiger partial charge in [-0.25, -0.2) is 4.98 Å². The number of aromatic nitrogens is 2. The molecule has 0 bridgehead atoms. The Bertz CT molecular complexity index is 936. The monoisotopic (exact) mass is 318 g/mol. The Labute approximate surface area is 138 Å². The Morgan fingerprint density at radius 2 is 2.00 bits per heavy atom. The smallest absolute Gasteiger partial charge is 0.163 e. The average molecular weight is 318 g/mol. The number of nitriles is 1. The van der Waals surface area contributed by atoms with Crippen molar-refractivity contribution >= 4 is 22.3 Å². The molecule has 0 saturated heterocycles. The Kier molecular flexibility index (Phi) is 3.52. The summed E-state index contributed by atoms with van der Waals surface area (Å²) in [6.45, 7) is 1.10. The molecule has 0 saturated carbocycles. The van der Waals surface area contributed by atoms with Gasteiger partial charge in [-0.2, -0.15) is 5.26 Å². The van der Waals surface area contributed by atoms with Crippen molar-refractivity contribution in [2.45, 2.75) is 0 Å². The van der Waals surface area contributed by atoms with Crippen LogP contribution in [-0.2, 0) is 0 Å². The fraction of sp³-hybridized carbons (Fsp3) is 0.111. The van der Waals surface area contributed by atoms with Gasteiger partial charge in [-0.3, -0.25) is 0 Å². The number of imidazole rings is 1. The molecule has 0 spiro atoms. The number of rotatable bonds is 3. The van der Waals surface area contributed by atoms with E-state index in [-0.39, 0.29) is 0 Å². The maximum Gasteiger partial charge on any atom is 0.163 e. The quantitative estimate of drug-likeness (QED) is 0.724. The minimum absolute atomic E-state index is 0.418. The average Bonchev–Trinajstić information content (AvgIpc) is 3.06. The van der Waals surface area contributed by atoms with Gasteiger partial charge in [0.25, 0.3) is 0 Å². The number of fused-ring (bicyclic) bond motifs is 2. The zero-order valence-corrected chi connectivity index (χ0v) is 12.7. The Morgan fingerprint density at radius 1 is 1.17 bits per heavy atom. The second-order valence-electron chi connectivity index (χ2n) is 5.28. The van der Waals surface area contributed by atoms with Gasteiger partial charge in [-0.15, -0.1) is 0 Å². The number of anilines is 1. The van der Waals surface area contributed by atoms with E-state index >= 15 is 0 Å². The number of aromatic amines is 1. The van der Waals surface area contributed by atoms with Gasteiger partial charge in [-0.05, 0) is 24.3 Å². The molecule has 6 nitrogen and oxygen atoms in total. The largest absolute Gasteiger partial charge is 0.486 e. The van der Waals surface area contributed by atoms with E-state index in [0.29, 0.717) is 30.4 Å². The number of hydrogen-bond donors (Lipinski definition) is 2. The molecule has 0 atom stereocenters. The van der Waals surface area contributed by atoms with Crippen LogP contribution in [0.5, 0.6) is 11.5 Å². The van der Waals surface area contributed by atoms with Crippen LogP contribution in [-0.4, -0.2) is 23.2 Å². The number of ether oxygens (including phenoxy) is 2. The molecule has 2 N–H and O–H groups in total. The van der Waals surface area contributed by atoms with Crippen molar-refractivity contribution in [3.05, 3.63) is 54.5 Å². The fourth-order valence-electron chi connectivity index (χ4n) is 2.52. The molecule has 24 heavy (non-hydrogen) atoms. The highest BCUT2D eigenvalue weighted by molar-refractivity contribution is 5.82. The first-order valence-corrected chi connectivity index (χ1v) is 7.55. The van der Waals surface area contributed by atoms with Gasteiger partial charge in [-0.1, -0.05) is 12.1 Å². The summed E-state index contributed by atoms with van der Waals surface area (Å²) < 4.78 is 11.0. The maximum absolute atomic E-state index is 9.41. The molecule has 0 amide bonds. The summed E-state index contributed by atoms with van der Waals surface area (Å²) in [6, 6.07) is 15.4. The lowest BCUT2D eigenvalue weighted by molar-refractivity contribution is 0.171. The predicted molar refractivity (Wildman–Crippen MR) is 90.7 cm³/mol. The first-order valence-electron chi connectivity index (χ1n) is 7.55. The topological polar surface area (TPSA) is 83.0 Å². The van der Waals surface area contributed by atoms with E-state index in [4.69, 9.17) is 9.47 Å². The summed E-state index contributed by atoms with van der Waals surface area (Å²) in [5, 5.41) is 12.5. The number of hydrogen-bond acceptors (Lipinski definition) is 5. The van der Waals surface area contributed by atoms with E-state index in [2.05, 4.69) is 21.4 Å². The molecule has 0 radical (unpaired) electrons. The molecular weight excluding hydrogens is 304 g/mol. The highest BCUT2D eigenvalue weighted by atomic mass is 16.6. The molecular formula is C18H14N4O2. The van der Waals surface area contributed by atoms with E-state index in [9.17, 15) is 5.26 Å². The Balaban J connectivity index is 1.60. The van der Waals surface area contributed by atoms with Crippen molar-refractivity contribution in [3.63, 3.8) is 0 Å². The molecule has 3 aromatic rings. The van der Waals surface area contributed by atoms with Crippen LogP contribution in [0.2, 0.25) is 0 Å². The Morgan fingerprint density at radius 3 is 2.83 bits per heavy atom.